The van der Waals surface area contributed by atoms with Crippen LogP contribution in [0.5, 0.6) is 0 Å². The van der Waals surface area contributed by atoms with E-state index < -0.39 is 0 Å². The summed E-state index contributed by atoms with van der Waals surface area (Å²) in [6.45, 7) is 0. The van der Waals surface area contributed by atoms with Crippen molar-refractivity contribution in [2.45, 2.75) is 6.42 Å². The Hall–Kier alpha value is -1.70. The molecule has 0 spiro atoms. The standard InChI is InChI=1S/C11H9NO/c13-7-5-9-3-4-10-2-1-6-12-11(10)8-9/h1-4,6-8H,5H2. The quantitative estimate of drug-likeness (QED) is 0.646. The molecule has 64 valence electrons. The van der Waals surface area contributed by atoms with Gasteiger partial charge in [-0.25, -0.2) is 0 Å². The highest BCUT2D eigenvalue weighted by Gasteiger charge is 1.95. The van der Waals surface area contributed by atoms with Gasteiger partial charge in [0, 0.05) is 18.0 Å². The minimum Gasteiger partial charge on any atom is -0.303 e. The highest BCUT2D eigenvalue weighted by Crippen LogP contribution is 2.12. The van der Waals surface area contributed by atoms with Crippen LogP contribution in [0.1, 0.15) is 5.56 Å². The molecule has 2 rings (SSSR count). The number of fused-ring (bicyclic) bond motifs is 1. The molecule has 2 nitrogen and oxygen atoms in total. The molecule has 13 heavy (non-hydrogen) atoms. The number of carbonyl (C=O) groups excluding carboxylic acids is 1. The normalized spacial score (nSPS) is 10.2. The molecule has 0 saturated heterocycles. The average molecular weight is 171 g/mol. The van der Waals surface area contributed by atoms with Crippen LogP contribution in [0, 0.1) is 0 Å². The van der Waals surface area contributed by atoms with E-state index in [9.17, 15) is 4.79 Å². The van der Waals surface area contributed by atoms with Crippen molar-refractivity contribution in [3.05, 3.63) is 42.1 Å². The first-order valence-corrected chi connectivity index (χ1v) is 4.17. The first-order valence-electron chi connectivity index (χ1n) is 4.17. The fraction of sp³-hybridized carbons (Fsp3) is 0.0909. The summed E-state index contributed by atoms with van der Waals surface area (Å²) in [5.41, 5.74) is 1.96. The maximum Gasteiger partial charge on any atom is 0.124 e. The number of aldehydes is 1. The third-order valence-corrected chi connectivity index (χ3v) is 1.99. The number of nitrogens with zero attached hydrogens (tertiary/aromatic N) is 1. The summed E-state index contributed by atoms with van der Waals surface area (Å²) < 4.78 is 0. The number of rotatable bonds is 2. The van der Waals surface area contributed by atoms with Crippen molar-refractivity contribution in [3.8, 4) is 0 Å². The zero-order chi connectivity index (χ0) is 9.10. The SMILES string of the molecule is O=CCc1ccc2cccnc2c1. The van der Waals surface area contributed by atoms with Crippen molar-refractivity contribution in [3.63, 3.8) is 0 Å². The number of carbonyl (C=O) groups is 1. The van der Waals surface area contributed by atoms with E-state index >= 15 is 0 Å². The van der Waals surface area contributed by atoms with Crippen LogP contribution < -0.4 is 0 Å². The summed E-state index contributed by atoms with van der Waals surface area (Å²) in [5, 5.41) is 1.11. The first kappa shape index (κ1) is 7.92. The van der Waals surface area contributed by atoms with E-state index in [2.05, 4.69) is 4.98 Å². The summed E-state index contributed by atoms with van der Waals surface area (Å²) in [6.07, 6.45) is 3.13. The van der Waals surface area contributed by atoms with Crippen LogP contribution in [-0.4, -0.2) is 11.3 Å². The van der Waals surface area contributed by atoms with Crippen LogP contribution in [0.4, 0.5) is 0 Å². The second-order valence-corrected chi connectivity index (χ2v) is 2.90. The van der Waals surface area contributed by atoms with Crippen molar-refractivity contribution in [2.75, 3.05) is 0 Å². The van der Waals surface area contributed by atoms with Crippen LogP contribution in [-0.2, 0) is 11.2 Å². The largest absolute Gasteiger partial charge is 0.303 e. The highest BCUT2D eigenvalue weighted by molar-refractivity contribution is 5.79. The molecule has 0 bridgehead atoms. The topological polar surface area (TPSA) is 30.0 Å². The molecule has 0 amide bonds. The minimum absolute atomic E-state index is 0.465. The predicted molar refractivity (Wildman–Crippen MR) is 51.5 cm³/mol. The zero-order valence-electron chi connectivity index (χ0n) is 7.10. The van der Waals surface area contributed by atoms with E-state index in [1.165, 1.54) is 0 Å². The van der Waals surface area contributed by atoms with Gasteiger partial charge in [0.1, 0.15) is 6.29 Å². The lowest BCUT2D eigenvalue weighted by Gasteiger charge is -1.98. The van der Waals surface area contributed by atoms with E-state index in [1.54, 1.807) is 6.20 Å². The van der Waals surface area contributed by atoms with Crippen molar-refractivity contribution >= 4 is 17.2 Å². The molecule has 0 aliphatic carbocycles. The molecular formula is C11H9NO. The smallest absolute Gasteiger partial charge is 0.124 e. The van der Waals surface area contributed by atoms with Crippen LogP contribution in [0.2, 0.25) is 0 Å². The molecule has 1 heterocycles. The first-order chi connectivity index (χ1) is 6.40. The van der Waals surface area contributed by atoms with E-state index in [-0.39, 0.29) is 0 Å². The third kappa shape index (κ3) is 1.56. The number of hydrogen-bond acceptors (Lipinski definition) is 2. The minimum atomic E-state index is 0.465. The lowest BCUT2D eigenvalue weighted by atomic mass is 10.1. The second kappa shape index (κ2) is 3.35. The maximum atomic E-state index is 10.3. The van der Waals surface area contributed by atoms with Crippen molar-refractivity contribution < 1.29 is 4.79 Å². The average Bonchev–Trinajstić information content (AvgIpc) is 2.18. The Morgan fingerprint density at radius 1 is 1.31 bits per heavy atom. The summed E-state index contributed by atoms with van der Waals surface area (Å²) in [5.74, 6) is 0. The molecule has 0 atom stereocenters. The molecular weight excluding hydrogens is 162 g/mol. The van der Waals surface area contributed by atoms with Gasteiger partial charge < -0.3 is 4.79 Å². The Morgan fingerprint density at radius 3 is 3.08 bits per heavy atom. The molecule has 1 aromatic carbocycles. The Morgan fingerprint density at radius 2 is 2.23 bits per heavy atom. The van der Waals surface area contributed by atoms with Crippen molar-refractivity contribution in [2.24, 2.45) is 0 Å². The van der Waals surface area contributed by atoms with Crippen LogP contribution in [0.25, 0.3) is 10.9 Å². The molecule has 0 aliphatic rings. The maximum absolute atomic E-state index is 10.3. The van der Waals surface area contributed by atoms with E-state index in [4.69, 9.17) is 0 Å². The number of pyridine rings is 1. The fourth-order valence-corrected chi connectivity index (χ4v) is 1.34. The Balaban J connectivity index is 2.55. The third-order valence-electron chi connectivity index (χ3n) is 1.99. The molecule has 0 saturated carbocycles. The van der Waals surface area contributed by atoms with Gasteiger partial charge in [0.15, 0.2) is 0 Å². The molecule has 1 aromatic heterocycles. The van der Waals surface area contributed by atoms with E-state index in [0.29, 0.717) is 6.42 Å². The Labute approximate surface area is 76.2 Å². The number of aromatic nitrogens is 1. The van der Waals surface area contributed by atoms with Crippen molar-refractivity contribution in [1.82, 2.24) is 4.98 Å². The second-order valence-electron chi connectivity index (χ2n) is 2.90. The lowest BCUT2D eigenvalue weighted by Crippen LogP contribution is -1.86. The summed E-state index contributed by atoms with van der Waals surface area (Å²) in [6, 6.07) is 9.80. The van der Waals surface area contributed by atoms with Gasteiger partial charge >= 0.3 is 0 Å². The van der Waals surface area contributed by atoms with Gasteiger partial charge in [-0.15, -0.1) is 0 Å². The molecule has 0 radical (unpaired) electrons. The van der Waals surface area contributed by atoms with E-state index in [1.807, 2.05) is 30.3 Å². The van der Waals surface area contributed by atoms with Gasteiger partial charge in [-0.1, -0.05) is 18.2 Å². The molecule has 0 aliphatic heterocycles. The van der Waals surface area contributed by atoms with Crippen LogP contribution in [0.15, 0.2) is 36.5 Å². The molecule has 0 N–H and O–H groups in total. The van der Waals surface area contributed by atoms with Gasteiger partial charge in [0.25, 0.3) is 0 Å². The predicted octanol–water partition coefficient (Wildman–Crippen LogP) is 1.98. The Bertz CT molecular complexity index is 437. The van der Waals surface area contributed by atoms with Gasteiger partial charge in [-0.2, -0.15) is 0 Å². The van der Waals surface area contributed by atoms with Crippen LogP contribution >= 0.6 is 0 Å². The summed E-state index contributed by atoms with van der Waals surface area (Å²) in [4.78, 5) is 14.5. The fourth-order valence-electron chi connectivity index (χ4n) is 1.34. The van der Waals surface area contributed by atoms with Gasteiger partial charge in [0.2, 0.25) is 0 Å². The van der Waals surface area contributed by atoms with Gasteiger partial charge in [0.05, 0.1) is 5.52 Å². The molecule has 2 heteroatoms. The summed E-state index contributed by atoms with van der Waals surface area (Å²) >= 11 is 0. The van der Waals surface area contributed by atoms with Crippen LogP contribution in [0.3, 0.4) is 0 Å². The molecule has 0 unspecified atom stereocenters. The number of benzene rings is 1. The molecule has 2 aromatic rings. The van der Waals surface area contributed by atoms with Gasteiger partial charge in [-0.05, 0) is 17.7 Å². The zero-order valence-corrected chi connectivity index (χ0v) is 7.10. The summed E-state index contributed by atoms with van der Waals surface area (Å²) in [7, 11) is 0. The molecule has 0 fully saturated rings. The van der Waals surface area contributed by atoms with E-state index in [0.717, 1.165) is 22.8 Å². The monoisotopic (exact) mass is 171 g/mol. The highest BCUT2D eigenvalue weighted by atomic mass is 16.1. The van der Waals surface area contributed by atoms with Gasteiger partial charge in [-0.3, -0.25) is 4.98 Å². The van der Waals surface area contributed by atoms with Crippen molar-refractivity contribution in [1.29, 1.82) is 0 Å². The Kier molecular flexibility index (Phi) is 2.04. The lowest BCUT2D eigenvalue weighted by molar-refractivity contribution is -0.107. The number of hydrogen-bond donors (Lipinski definition) is 0.